The normalized spacial score (nSPS) is 13.0. The summed E-state index contributed by atoms with van der Waals surface area (Å²) in [6, 6.07) is 14.6. The Labute approximate surface area is 158 Å². The molecular weight excluding hydrogens is 342 g/mol. The lowest BCUT2D eigenvalue weighted by Crippen LogP contribution is -2.33. The zero-order valence-corrected chi connectivity index (χ0v) is 15.1. The Hall–Kier alpha value is -3.25. The lowest BCUT2D eigenvalue weighted by atomic mass is 10.1. The van der Waals surface area contributed by atoms with Crippen LogP contribution >= 0.6 is 0 Å². The minimum atomic E-state index is -0.358. The van der Waals surface area contributed by atoms with E-state index in [-0.39, 0.29) is 24.3 Å². The third-order valence-corrected chi connectivity index (χ3v) is 4.38. The van der Waals surface area contributed by atoms with Crippen LogP contribution in [0.1, 0.15) is 26.3 Å². The number of nitrogens with zero attached hydrogens (tertiary/aromatic N) is 2. The number of fused-ring (bicyclic) bond motifs is 1. The highest BCUT2D eigenvalue weighted by Gasteiger charge is 2.32. The van der Waals surface area contributed by atoms with Crippen LogP contribution in [0.2, 0.25) is 0 Å². The van der Waals surface area contributed by atoms with Crippen molar-refractivity contribution in [2.75, 3.05) is 25.5 Å². The summed E-state index contributed by atoms with van der Waals surface area (Å²) < 4.78 is 0. The van der Waals surface area contributed by atoms with Crippen molar-refractivity contribution >= 4 is 23.4 Å². The number of hydrogen-bond donors (Lipinski definition) is 1. The van der Waals surface area contributed by atoms with Crippen molar-refractivity contribution in [1.29, 1.82) is 0 Å². The summed E-state index contributed by atoms with van der Waals surface area (Å²) >= 11 is 0. The number of benzene rings is 2. The highest BCUT2D eigenvalue weighted by atomic mass is 16.2. The van der Waals surface area contributed by atoms with Crippen LogP contribution in [0.3, 0.4) is 0 Å². The fourth-order valence-electron chi connectivity index (χ4n) is 3.05. The number of amides is 3. The van der Waals surface area contributed by atoms with Crippen LogP contribution in [-0.2, 0) is 11.3 Å². The minimum absolute atomic E-state index is 0.185. The number of nitrogens with one attached hydrogen (secondary N) is 1. The molecule has 138 valence electrons. The lowest BCUT2D eigenvalue weighted by molar-refractivity contribution is -0.117. The third-order valence-electron chi connectivity index (χ3n) is 4.38. The van der Waals surface area contributed by atoms with Crippen LogP contribution in [0.25, 0.3) is 0 Å². The van der Waals surface area contributed by atoms with Gasteiger partial charge in [-0.25, -0.2) is 0 Å². The van der Waals surface area contributed by atoms with E-state index in [9.17, 15) is 14.4 Å². The molecule has 6 nitrogen and oxygen atoms in total. The van der Waals surface area contributed by atoms with Gasteiger partial charge in [-0.05, 0) is 23.8 Å². The minimum Gasteiger partial charge on any atom is -0.325 e. The molecule has 1 heterocycles. The first-order valence-corrected chi connectivity index (χ1v) is 8.63. The summed E-state index contributed by atoms with van der Waals surface area (Å²) in [7, 11) is 1.44. The van der Waals surface area contributed by atoms with Crippen LogP contribution in [0, 0.1) is 0 Å². The van der Waals surface area contributed by atoms with E-state index in [0.717, 1.165) is 10.5 Å². The molecule has 6 heteroatoms. The molecule has 0 radical (unpaired) electrons. The molecule has 2 aromatic rings. The van der Waals surface area contributed by atoms with Crippen LogP contribution < -0.4 is 5.32 Å². The van der Waals surface area contributed by atoms with Gasteiger partial charge in [-0.15, -0.1) is 6.58 Å². The number of hydrogen-bond acceptors (Lipinski definition) is 4. The van der Waals surface area contributed by atoms with Gasteiger partial charge in [-0.1, -0.05) is 36.4 Å². The fraction of sp³-hybridized carbons (Fsp3) is 0.190. The Kier molecular flexibility index (Phi) is 5.47. The molecule has 1 aliphatic heterocycles. The molecule has 0 atom stereocenters. The Bertz CT molecular complexity index is 893. The highest BCUT2D eigenvalue weighted by molar-refractivity contribution is 6.21. The lowest BCUT2D eigenvalue weighted by Gasteiger charge is -2.20. The van der Waals surface area contributed by atoms with Gasteiger partial charge in [0.05, 0.1) is 17.7 Å². The summed E-state index contributed by atoms with van der Waals surface area (Å²) in [4.78, 5) is 39.5. The number of carbonyl (C=O) groups is 3. The predicted molar refractivity (Wildman–Crippen MR) is 103 cm³/mol. The van der Waals surface area contributed by atoms with Crippen molar-refractivity contribution in [1.82, 2.24) is 9.80 Å². The molecule has 0 aliphatic carbocycles. The van der Waals surface area contributed by atoms with Gasteiger partial charge in [0.25, 0.3) is 11.8 Å². The van der Waals surface area contributed by atoms with E-state index in [2.05, 4.69) is 11.9 Å². The molecule has 3 amide bonds. The average molecular weight is 363 g/mol. The molecule has 0 spiro atoms. The number of imide groups is 1. The van der Waals surface area contributed by atoms with E-state index >= 15 is 0 Å². The second kappa shape index (κ2) is 7.97. The Morgan fingerprint density at radius 2 is 1.81 bits per heavy atom. The van der Waals surface area contributed by atoms with Crippen LogP contribution in [0.15, 0.2) is 61.2 Å². The van der Waals surface area contributed by atoms with E-state index in [0.29, 0.717) is 29.9 Å². The first-order chi connectivity index (χ1) is 13.0. The molecule has 0 saturated carbocycles. The second-order valence-corrected chi connectivity index (χ2v) is 6.42. The summed E-state index contributed by atoms with van der Waals surface area (Å²) in [5.41, 5.74) is 2.27. The fourth-order valence-corrected chi connectivity index (χ4v) is 3.05. The smallest absolute Gasteiger partial charge is 0.261 e. The van der Waals surface area contributed by atoms with Gasteiger partial charge in [0.15, 0.2) is 0 Å². The van der Waals surface area contributed by atoms with Gasteiger partial charge >= 0.3 is 0 Å². The van der Waals surface area contributed by atoms with Gasteiger partial charge < -0.3 is 5.32 Å². The van der Waals surface area contributed by atoms with Gasteiger partial charge in [0.2, 0.25) is 5.91 Å². The maximum absolute atomic E-state index is 12.4. The Morgan fingerprint density at radius 1 is 1.11 bits per heavy atom. The Morgan fingerprint density at radius 3 is 2.52 bits per heavy atom. The molecule has 0 fully saturated rings. The molecule has 0 unspecified atom stereocenters. The van der Waals surface area contributed by atoms with E-state index in [4.69, 9.17) is 0 Å². The van der Waals surface area contributed by atoms with Crippen LogP contribution in [-0.4, -0.2) is 47.7 Å². The zero-order chi connectivity index (χ0) is 19.4. The zero-order valence-electron chi connectivity index (χ0n) is 15.1. The maximum atomic E-state index is 12.4. The van der Waals surface area contributed by atoms with Crippen molar-refractivity contribution in [2.45, 2.75) is 6.54 Å². The second-order valence-electron chi connectivity index (χ2n) is 6.42. The summed E-state index contributed by atoms with van der Waals surface area (Å²) in [5, 5.41) is 2.80. The monoisotopic (exact) mass is 363 g/mol. The first-order valence-electron chi connectivity index (χ1n) is 8.63. The molecule has 0 saturated heterocycles. The summed E-state index contributed by atoms with van der Waals surface area (Å²) in [6.45, 7) is 5.13. The van der Waals surface area contributed by atoms with Crippen LogP contribution in [0.4, 0.5) is 5.69 Å². The molecule has 0 bridgehead atoms. The maximum Gasteiger partial charge on any atom is 0.261 e. The SMILES string of the molecule is C=CCN(CC(=O)Nc1ccc2c(c1)C(=O)N(C)C2=O)Cc1ccccc1. The van der Waals surface area contributed by atoms with Gasteiger partial charge in [0, 0.05) is 25.8 Å². The van der Waals surface area contributed by atoms with Crippen LogP contribution in [0.5, 0.6) is 0 Å². The molecule has 1 aliphatic rings. The van der Waals surface area contributed by atoms with E-state index in [1.54, 1.807) is 24.3 Å². The standard InChI is InChI=1S/C21H21N3O3/c1-3-11-24(13-15-7-5-4-6-8-15)14-19(25)22-16-9-10-17-18(12-16)21(27)23(2)20(17)26/h3-10,12H,1,11,13-14H2,2H3,(H,22,25). The van der Waals surface area contributed by atoms with Gasteiger partial charge in [-0.2, -0.15) is 0 Å². The molecular formula is C21H21N3O3. The topological polar surface area (TPSA) is 69.7 Å². The third kappa shape index (κ3) is 4.12. The number of carbonyl (C=O) groups excluding carboxylic acids is 3. The summed E-state index contributed by atoms with van der Waals surface area (Å²) in [6.07, 6.45) is 1.76. The van der Waals surface area contributed by atoms with Crippen molar-refractivity contribution in [3.63, 3.8) is 0 Å². The predicted octanol–water partition coefficient (Wildman–Crippen LogP) is 2.54. The number of anilines is 1. The average Bonchev–Trinajstić information content (AvgIpc) is 2.87. The molecule has 1 N–H and O–H groups in total. The van der Waals surface area contributed by atoms with Crippen molar-refractivity contribution in [2.24, 2.45) is 0 Å². The Balaban J connectivity index is 1.67. The largest absolute Gasteiger partial charge is 0.325 e. The molecule has 2 aromatic carbocycles. The van der Waals surface area contributed by atoms with Crippen molar-refractivity contribution in [3.8, 4) is 0 Å². The summed E-state index contributed by atoms with van der Waals surface area (Å²) in [5.74, 6) is -0.880. The van der Waals surface area contributed by atoms with E-state index in [1.807, 2.05) is 35.2 Å². The van der Waals surface area contributed by atoms with E-state index in [1.165, 1.54) is 7.05 Å². The van der Waals surface area contributed by atoms with E-state index < -0.39 is 0 Å². The highest BCUT2D eigenvalue weighted by Crippen LogP contribution is 2.24. The van der Waals surface area contributed by atoms with Gasteiger partial charge in [-0.3, -0.25) is 24.2 Å². The molecule has 27 heavy (non-hydrogen) atoms. The quantitative estimate of drug-likeness (QED) is 0.606. The first kappa shape index (κ1) is 18.5. The van der Waals surface area contributed by atoms with Crippen molar-refractivity contribution < 1.29 is 14.4 Å². The van der Waals surface area contributed by atoms with Crippen molar-refractivity contribution in [3.05, 3.63) is 77.9 Å². The molecule has 3 rings (SSSR count). The number of rotatable bonds is 7. The van der Waals surface area contributed by atoms with Gasteiger partial charge in [0.1, 0.15) is 0 Å². The molecule has 0 aromatic heterocycles.